The molecule has 1 aliphatic rings. The van der Waals surface area contributed by atoms with Gasteiger partial charge < -0.3 is 10.2 Å². The number of hydrogen-bond donors (Lipinski definition) is 2. The van der Waals surface area contributed by atoms with E-state index in [1.165, 1.54) is 0 Å². The lowest BCUT2D eigenvalue weighted by atomic mass is 9.61. The molecule has 0 aromatic rings. The van der Waals surface area contributed by atoms with E-state index in [-0.39, 0.29) is 18.3 Å². The van der Waals surface area contributed by atoms with E-state index >= 15 is 0 Å². The second kappa shape index (κ2) is 4.44. The molecular weight excluding hydrogens is 208 g/mol. The van der Waals surface area contributed by atoms with E-state index in [0.717, 1.165) is 12.8 Å². The quantitative estimate of drug-likeness (QED) is 0.725. The van der Waals surface area contributed by atoms with Gasteiger partial charge in [-0.25, -0.2) is 0 Å². The Bertz CT molecular complexity index is 265. The minimum Gasteiger partial charge on any atom is -0.480 e. The maximum absolute atomic E-state index is 11.1. The van der Waals surface area contributed by atoms with Crippen LogP contribution in [0.2, 0.25) is 0 Å². The van der Waals surface area contributed by atoms with Gasteiger partial charge in [0, 0.05) is 0 Å². The van der Waals surface area contributed by atoms with Crippen molar-refractivity contribution in [2.24, 2.45) is 10.8 Å². The van der Waals surface area contributed by atoms with Crippen molar-refractivity contribution in [1.82, 2.24) is 0 Å². The van der Waals surface area contributed by atoms with Crippen LogP contribution in [-0.4, -0.2) is 22.2 Å². The fourth-order valence-corrected chi connectivity index (χ4v) is 2.68. The first-order valence-electron chi connectivity index (χ1n) is 5.89. The molecule has 1 aliphatic carbocycles. The summed E-state index contributed by atoms with van der Waals surface area (Å²) in [7, 11) is 0. The highest BCUT2D eigenvalue weighted by Crippen LogP contribution is 2.49. The topological polar surface area (TPSA) is 74.6 Å². The minimum absolute atomic E-state index is 0.161. The van der Waals surface area contributed by atoms with Gasteiger partial charge in [-0.05, 0) is 31.1 Å². The molecule has 0 spiro atoms. The number of carboxylic acids is 2. The predicted octanol–water partition coefficient (Wildman–Crippen LogP) is 2.52. The van der Waals surface area contributed by atoms with Crippen LogP contribution in [0.15, 0.2) is 0 Å². The average Bonchev–Trinajstić information content (AvgIpc) is 2.28. The van der Waals surface area contributed by atoms with Crippen LogP contribution in [0.25, 0.3) is 0 Å². The third-order valence-electron chi connectivity index (χ3n) is 4.48. The maximum Gasteiger partial charge on any atom is 0.321 e. The first-order valence-corrected chi connectivity index (χ1v) is 5.89. The van der Waals surface area contributed by atoms with Crippen LogP contribution in [0.1, 0.15) is 52.4 Å². The summed E-state index contributed by atoms with van der Waals surface area (Å²) in [6.45, 7) is 4.19. The third-order valence-corrected chi connectivity index (χ3v) is 4.48. The van der Waals surface area contributed by atoms with Gasteiger partial charge in [-0.2, -0.15) is 0 Å². The van der Waals surface area contributed by atoms with E-state index in [0.29, 0.717) is 12.8 Å². The Kier molecular flexibility index (Phi) is 3.61. The van der Waals surface area contributed by atoms with Crippen molar-refractivity contribution in [1.29, 1.82) is 0 Å². The van der Waals surface area contributed by atoms with Crippen LogP contribution < -0.4 is 0 Å². The van der Waals surface area contributed by atoms with Crippen molar-refractivity contribution in [3.63, 3.8) is 0 Å². The fraction of sp³-hybridized carbons (Fsp3) is 0.833. The van der Waals surface area contributed by atoms with Gasteiger partial charge in [0.05, 0.1) is 0 Å². The van der Waals surface area contributed by atoms with Crippen molar-refractivity contribution < 1.29 is 19.8 Å². The Morgan fingerprint density at radius 3 is 1.56 bits per heavy atom. The molecule has 0 atom stereocenters. The summed E-state index contributed by atoms with van der Waals surface area (Å²) >= 11 is 0. The zero-order chi connectivity index (χ0) is 12.4. The first-order chi connectivity index (χ1) is 7.42. The summed E-state index contributed by atoms with van der Waals surface area (Å²) in [5.41, 5.74) is -1.37. The fourth-order valence-electron chi connectivity index (χ4n) is 2.68. The van der Waals surface area contributed by atoms with Crippen molar-refractivity contribution in [3.8, 4) is 0 Å². The van der Waals surface area contributed by atoms with Crippen LogP contribution in [-0.2, 0) is 9.59 Å². The van der Waals surface area contributed by atoms with Crippen molar-refractivity contribution >= 4 is 11.9 Å². The third kappa shape index (κ3) is 1.93. The number of carboxylic acid groups (broad SMARTS) is 2. The van der Waals surface area contributed by atoms with Gasteiger partial charge in [-0.1, -0.05) is 26.7 Å². The Labute approximate surface area is 95.7 Å². The highest BCUT2D eigenvalue weighted by atomic mass is 16.4. The summed E-state index contributed by atoms with van der Waals surface area (Å²) in [6.07, 6.45) is 3.94. The molecule has 1 fully saturated rings. The molecule has 1 rings (SSSR count). The molecule has 0 aromatic heterocycles. The molecule has 0 aromatic carbocycles. The summed E-state index contributed by atoms with van der Waals surface area (Å²) in [5.74, 6) is -2.36. The number of carbonyl (C=O) groups is 2. The molecule has 0 amide bonds. The monoisotopic (exact) mass is 228 g/mol. The van der Waals surface area contributed by atoms with E-state index in [2.05, 4.69) is 13.8 Å². The second-order valence-corrected chi connectivity index (χ2v) is 4.90. The smallest absolute Gasteiger partial charge is 0.321 e. The molecule has 0 heterocycles. The molecule has 1 saturated carbocycles. The van der Waals surface area contributed by atoms with Gasteiger partial charge in [-0.15, -0.1) is 0 Å². The first kappa shape index (κ1) is 13.0. The largest absolute Gasteiger partial charge is 0.480 e. The molecule has 2 N–H and O–H groups in total. The average molecular weight is 228 g/mol. The lowest BCUT2D eigenvalue weighted by Crippen LogP contribution is -2.45. The van der Waals surface area contributed by atoms with Gasteiger partial charge in [0.2, 0.25) is 0 Å². The van der Waals surface area contributed by atoms with Crippen LogP contribution >= 0.6 is 0 Å². The van der Waals surface area contributed by atoms with Gasteiger partial charge in [-0.3, -0.25) is 9.59 Å². The van der Waals surface area contributed by atoms with E-state index in [9.17, 15) is 9.59 Å². The molecule has 0 aliphatic heterocycles. The molecule has 92 valence electrons. The number of rotatable bonds is 4. The maximum atomic E-state index is 11.1. The molecule has 0 unspecified atom stereocenters. The summed E-state index contributed by atoms with van der Waals surface area (Å²) in [5, 5.41) is 18.2. The molecule has 0 saturated heterocycles. The van der Waals surface area contributed by atoms with Crippen LogP contribution in [0.3, 0.4) is 0 Å². The molecule has 4 nitrogen and oxygen atoms in total. The summed E-state index contributed by atoms with van der Waals surface area (Å²) < 4.78 is 0. The summed E-state index contributed by atoms with van der Waals surface area (Å²) in [4.78, 5) is 22.2. The lowest BCUT2D eigenvalue weighted by Gasteiger charge is -2.41. The Morgan fingerprint density at radius 1 is 0.938 bits per heavy atom. The SMILES string of the molecule is CCC1(CC)CCC(C(=O)O)(C(=O)O)CC1. The number of hydrogen-bond acceptors (Lipinski definition) is 2. The zero-order valence-electron chi connectivity index (χ0n) is 9.95. The Morgan fingerprint density at radius 2 is 1.31 bits per heavy atom. The van der Waals surface area contributed by atoms with E-state index in [1.54, 1.807) is 0 Å². The van der Waals surface area contributed by atoms with Crippen LogP contribution in [0.5, 0.6) is 0 Å². The van der Waals surface area contributed by atoms with Crippen LogP contribution in [0, 0.1) is 10.8 Å². The van der Waals surface area contributed by atoms with Crippen molar-refractivity contribution in [3.05, 3.63) is 0 Å². The van der Waals surface area contributed by atoms with Gasteiger partial charge in [0.15, 0.2) is 5.41 Å². The zero-order valence-corrected chi connectivity index (χ0v) is 9.95. The van der Waals surface area contributed by atoms with Gasteiger partial charge in [0.1, 0.15) is 0 Å². The van der Waals surface area contributed by atoms with Gasteiger partial charge >= 0.3 is 11.9 Å². The molecule has 0 radical (unpaired) electrons. The van der Waals surface area contributed by atoms with Gasteiger partial charge in [0.25, 0.3) is 0 Å². The lowest BCUT2D eigenvalue weighted by molar-refractivity contribution is -0.169. The normalized spacial score (nSPS) is 22.6. The minimum atomic E-state index is -1.53. The van der Waals surface area contributed by atoms with Crippen molar-refractivity contribution in [2.45, 2.75) is 52.4 Å². The standard InChI is InChI=1S/C12H20O4/c1-3-11(4-2)5-7-12(8-6-11,9(13)14)10(15)16/h3-8H2,1-2H3,(H,13,14)(H,15,16). The van der Waals surface area contributed by atoms with Crippen molar-refractivity contribution in [2.75, 3.05) is 0 Å². The second-order valence-electron chi connectivity index (χ2n) is 4.90. The molecule has 16 heavy (non-hydrogen) atoms. The van der Waals surface area contributed by atoms with E-state index in [1.807, 2.05) is 0 Å². The Balaban J connectivity index is 2.86. The predicted molar refractivity (Wildman–Crippen MR) is 59.2 cm³/mol. The molecule has 0 bridgehead atoms. The Hall–Kier alpha value is -1.06. The van der Waals surface area contributed by atoms with E-state index in [4.69, 9.17) is 10.2 Å². The highest BCUT2D eigenvalue weighted by Gasteiger charge is 2.51. The van der Waals surface area contributed by atoms with E-state index < -0.39 is 17.4 Å². The van der Waals surface area contributed by atoms with Crippen LogP contribution in [0.4, 0.5) is 0 Å². The highest BCUT2D eigenvalue weighted by molar-refractivity contribution is 5.98. The molecule has 4 heteroatoms. The molecular formula is C12H20O4. The summed E-state index contributed by atoms with van der Waals surface area (Å²) in [6, 6.07) is 0. The number of aliphatic carboxylic acids is 2.